The lowest BCUT2D eigenvalue weighted by Gasteiger charge is -2.09. The van der Waals surface area contributed by atoms with Gasteiger partial charge in [0.2, 0.25) is 0 Å². The molecule has 0 amide bonds. The van der Waals surface area contributed by atoms with Gasteiger partial charge >= 0.3 is 0 Å². The van der Waals surface area contributed by atoms with Crippen LogP contribution in [0.25, 0.3) is 0 Å². The first-order valence-electron chi connectivity index (χ1n) is 6.28. The van der Waals surface area contributed by atoms with E-state index < -0.39 is 0 Å². The van der Waals surface area contributed by atoms with Crippen molar-refractivity contribution in [1.29, 1.82) is 0 Å². The van der Waals surface area contributed by atoms with Crippen molar-refractivity contribution in [3.8, 4) is 11.5 Å². The summed E-state index contributed by atoms with van der Waals surface area (Å²) < 4.78 is 5.83. The standard InChI is InChI=1S/C14H20O2/c1-2-3-4-5-6-13-10-11-9-12(15)7-8-14(11)16-13/h7-9,13,15H,2-6,10H2,1H3. The van der Waals surface area contributed by atoms with Crippen molar-refractivity contribution in [3.63, 3.8) is 0 Å². The van der Waals surface area contributed by atoms with Crippen LogP contribution < -0.4 is 4.74 Å². The van der Waals surface area contributed by atoms with E-state index in [4.69, 9.17) is 4.74 Å². The number of benzene rings is 1. The Bertz CT molecular complexity index is 347. The third kappa shape index (κ3) is 2.69. The van der Waals surface area contributed by atoms with Crippen molar-refractivity contribution in [2.75, 3.05) is 0 Å². The lowest BCUT2D eigenvalue weighted by molar-refractivity contribution is 0.216. The SMILES string of the molecule is CCCCCCC1Cc2cc(O)ccc2O1. The van der Waals surface area contributed by atoms with Gasteiger partial charge in [-0.15, -0.1) is 0 Å². The fourth-order valence-corrected chi connectivity index (χ4v) is 2.27. The number of fused-ring (bicyclic) bond motifs is 1. The summed E-state index contributed by atoms with van der Waals surface area (Å²) in [6, 6.07) is 5.39. The molecule has 0 aromatic heterocycles. The van der Waals surface area contributed by atoms with E-state index in [9.17, 15) is 5.11 Å². The molecule has 1 atom stereocenters. The minimum absolute atomic E-state index is 0.327. The van der Waals surface area contributed by atoms with Crippen molar-refractivity contribution in [3.05, 3.63) is 23.8 Å². The number of rotatable bonds is 5. The molecular weight excluding hydrogens is 200 g/mol. The lowest BCUT2D eigenvalue weighted by atomic mass is 10.0. The quantitative estimate of drug-likeness (QED) is 0.767. The molecule has 1 heterocycles. The highest BCUT2D eigenvalue weighted by molar-refractivity contribution is 5.42. The van der Waals surface area contributed by atoms with E-state index >= 15 is 0 Å². The topological polar surface area (TPSA) is 29.5 Å². The van der Waals surface area contributed by atoms with Gasteiger partial charge in [0.25, 0.3) is 0 Å². The summed E-state index contributed by atoms with van der Waals surface area (Å²) >= 11 is 0. The number of hydrogen-bond donors (Lipinski definition) is 1. The van der Waals surface area contributed by atoms with Crippen molar-refractivity contribution in [2.24, 2.45) is 0 Å². The highest BCUT2D eigenvalue weighted by atomic mass is 16.5. The third-order valence-corrected chi connectivity index (χ3v) is 3.16. The fourth-order valence-electron chi connectivity index (χ4n) is 2.27. The summed E-state index contributed by atoms with van der Waals surface area (Å²) in [5.74, 6) is 1.30. The second-order valence-electron chi connectivity index (χ2n) is 4.59. The average Bonchev–Trinajstić information content (AvgIpc) is 2.66. The van der Waals surface area contributed by atoms with Crippen molar-refractivity contribution in [1.82, 2.24) is 0 Å². The molecule has 1 N–H and O–H groups in total. The molecule has 16 heavy (non-hydrogen) atoms. The summed E-state index contributed by atoms with van der Waals surface area (Å²) in [6.07, 6.45) is 7.57. The molecule has 0 saturated heterocycles. The Morgan fingerprint density at radius 3 is 3.00 bits per heavy atom. The van der Waals surface area contributed by atoms with Gasteiger partial charge in [0.1, 0.15) is 17.6 Å². The van der Waals surface area contributed by atoms with Crippen LogP contribution in [0.4, 0.5) is 0 Å². The third-order valence-electron chi connectivity index (χ3n) is 3.16. The Kier molecular flexibility index (Phi) is 3.70. The van der Waals surface area contributed by atoms with Crippen molar-refractivity contribution < 1.29 is 9.84 Å². The van der Waals surface area contributed by atoms with Crippen LogP contribution >= 0.6 is 0 Å². The van der Waals surface area contributed by atoms with Gasteiger partial charge in [-0.25, -0.2) is 0 Å². The molecule has 1 unspecified atom stereocenters. The van der Waals surface area contributed by atoms with Gasteiger partial charge in [-0.1, -0.05) is 26.2 Å². The van der Waals surface area contributed by atoms with E-state index in [-0.39, 0.29) is 0 Å². The van der Waals surface area contributed by atoms with Gasteiger partial charge in [0.15, 0.2) is 0 Å². The first kappa shape index (κ1) is 11.3. The minimum Gasteiger partial charge on any atom is -0.508 e. The second-order valence-corrected chi connectivity index (χ2v) is 4.59. The molecule has 1 aliphatic rings. The zero-order chi connectivity index (χ0) is 11.4. The molecule has 1 aliphatic heterocycles. The lowest BCUT2D eigenvalue weighted by Crippen LogP contribution is -2.12. The number of unbranched alkanes of at least 4 members (excludes halogenated alkanes) is 3. The van der Waals surface area contributed by atoms with E-state index in [0.29, 0.717) is 11.9 Å². The van der Waals surface area contributed by atoms with E-state index in [2.05, 4.69) is 6.92 Å². The smallest absolute Gasteiger partial charge is 0.123 e. The predicted octanol–water partition coefficient (Wildman–Crippen LogP) is 3.67. The number of hydrogen-bond acceptors (Lipinski definition) is 2. The Hall–Kier alpha value is -1.18. The van der Waals surface area contributed by atoms with Gasteiger partial charge in [-0.05, 0) is 31.0 Å². The van der Waals surface area contributed by atoms with Crippen LogP contribution in [0.2, 0.25) is 0 Å². The largest absolute Gasteiger partial charge is 0.508 e. The summed E-state index contributed by atoms with van der Waals surface area (Å²) in [7, 11) is 0. The highest BCUT2D eigenvalue weighted by Crippen LogP contribution is 2.33. The molecule has 0 fully saturated rings. The Labute approximate surface area is 97.3 Å². The molecule has 1 aromatic rings. The number of phenols is 1. The van der Waals surface area contributed by atoms with Crippen LogP contribution in [0.15, 0.2) is 18.2 Å². The van der Waals surface area contributed by atoms with Crippen LogP contribution in [0, 0.1) is 0 Å². The van der Waals surface area contributed by atoms with Gasteiger partial charge in [-0.2, -0.15) is 0 Å². The van der Waals surface area contributed by atoms with Crippen LogP contribution in [-0.4, -0.2) is 11.2 Å². The van der Waals surface area contributed by atoms with Gasteiger partial charge in [0.05, 0.1) is 0 Å². The molecule has 2 heteroatoms. The number of aromatic hydroxyl groups is 1. The molecule has 0 bridgehead atoms. The van der Waals surface area contributed by atoms with Crippen LogP contribution in [0.1, 0.15) is 44.6 Å². The van der Waals surface area contributed by atoms with E-state index in [1.54, 1.807) is 6.07 Å². The fraction of sp³-hybridized carbons (Fsp3) is 0.571. The van der Waals surface area contributed by atoms with Gasteiger partial charge in [0, 0.05) is 12.0 Å². The van der Waals surface area contributed by atoms with E-state index in [0.717, 1.165) is 24.2 Å². The molecule has 0 aliphatic carbocycles. The van der Waals surface area contributed by atoms with Crippen molar-refractivity contribution in [2.45, 2.75) is 51.6 Å². The zero-order valence-electron chi connectivity index (χ0n) is 9.91. The Morgan fingerprint density at radius 2 is 2.19 bits per heavy atom. The van der Waals surface area contributed by atoms with Gasteiger partial charge < -0.3 is 9.84 Å². The first-order valence-corrected chi connectivity index (χ1v) is 6.28. The van der Waals surface area contributed by atoms with Crippen LogP contribution in [-0.2, 0) is 6.42 Å². The second kappa shape index (κ2) is 5.24. The molecule has 2 nitrogen and oxygen atoms in total. The minimum atomic E-state index is 0.327. The maximum absolute atomic E-state index is 9.37. The molecule has 0 spiro atoms. The average molecular weight is 220 g/mol. The summed E-state index contributed by atoms with van der Waals surface area (Å²) in [6.45, 7) is 2.23. The molecule has 2 rings (SSSR count). The molecule has 0 saturated carbocycles. The number of ether oxygens (including phenoxy) is 1. The molecular formula is C14H20O2. The van der Waals surface area contributed by atoms with Gasteiger partial charge in [-0.3, -0.25) is 0 Å². The van der Waals surface area contributed by atoms with E-state index in [1.165, 1.54) is 25.7 Å². The highest BCUT2D eigenvalue weighted by Gasteiger charge is 2.22. The predicted molar refractivity (Wildman–Crippen MR) is 65.0 cm³/mol. The van der Waals surface area contributed by atoms with Crippen molar-refractivity contribution >= 4 is 0 Å². The zero-order valence-corrected chi connectivity index (χ0v) is 9.91. The summed E-state index contributed by atoms with van der Waals surface area (Å²) in [5.41, 5.74) is 1.15. The Balaban J connectivity index is 1.81. The summed E-state index contributed by atoms with van der Waals surface area (Å²) in [4.78, 5) is 0. The van der Waals surface area contributed by atoms with E-state index in [1.807, 2.05) is 12.1 Å². The summed E-state index contributed by atoms with van der Waals surface area (Å²) in [5, 5.41) is 9.37. The number of phenolic OH excluding ortho intramolecular Hbond substituents is 1. The molecule has 1 aromatic carbocycles. The maximum Gasteiger partial charge on any atom is 0.123 e. The van der Waals surface area contributed by atoms with Crippen LogP contribution in [0.5, 0.6) is 11.5 Å². The maximum atomic E-state index is 9.37. The first-order chi connectivity index (χ1) is 7.79. The molecule has 0 radical (unpaired) electrons. The monoisotopic (exact) mass is 220 g/mol. The molecule has 88 valence electrons. The Morgan fingerprint density at radius 1 is 1.31 bits per heavy atom. The van der Waals surface area contributed by atoms with Crippen LogP contribution in [0.3, 0.4) is 0 Å². The normalized spacial score (nSPS) is 18.2.